The molecule has 0 saturated carbocycles. The maximum atomic E-state index is 12.0. The van der Waals surface area contributed by atoms with E-state index in [-0.39, 0.29) is 11.8 Å². The first-order chi connectivity index (χ1) is 9.22. The van der Waals surface area contributed by atoms with Crippen LogP contribution in [0, 0.1) is 0 Å². The molecule has 0 radical (unpaired) electrons. The summed E-state index contributed by atoms with van der Waals surface area (Å²) in [5.74, 6) is -0.219. The Morgan fingerprint density at radius 3 is 3.05 bits per heavy atom. The fraction of sp³-hybridized carbons (Fsp3) is 0.154. The Morgan fingerprint density at radius 2 is 2.26 bits per heavy atom. The lowest BCUT2D eigenvalue weighted by molar-refractivity contribution is -0.115. The molecule has 1 aliphatic heterocycles. The van der Waals surface area contributed by atoms with E-state index in [4.69, 9.17) is 0 Å². The van der Waals surface area contributed by atoms with Crippen molar-refractivity contribution in [3.05, 3.63) is 47.3 Å². The molecule has 3 rings (SSSR count). The molecule has 0 unspecified atom stereocenters. The minimum Gasteiger partial charge on any atom is -0.346 e. The zero-order valence-corrected chi connectivity index (χ0v) is 10.1. The van der Waals surface area contributed by atoms with Gasteiger partial charge in [0.25, 0.3) is 5.91 Å². The number of aromatic nitrogens is 2. The average Bonchev–Trinajstić information content (AvgIpc) is 3.02. The maximum absolute atomic E-state index is 12.0. The van der Waals surface area contributed by atoms with Gasteiger partial charge in [-0.15, -0.1) is 0 Å². The monoisotopic (exact) mass is 256 g/mol. The molecule has 0 saturated heterocycles. The Morgan fingerprint density at radius 1 is 1.37 bits per heavy atom. The number of aromatic amines is 1. The van der Waals surface area contributed by atoms with Crippen molar-refractivity contribution in [1.29, 1.82) is 0 Å². The third-order valence-corrected chi connectivity index (χ3v) is 2.99. The summed E-state index contributed by atoms with van der Waals surface area (Å²) in [5, 5.41) is 12.1. The van der Waals surface area contributed by atoms with Crippen molar-refractivity contribution in [3.8, 4) is 0 Å². The SMILES string of the molecule is O=C1Cc2ccc(C(=O)NCc3ccn[nH]3)cc2N1. The standard InChI is InChI=1S/C13H12N4O2/c18-12-6-8-1-2-9(5-11(8)16-12)13(19)14-7-10-3-4-15-17-10/h1-5H,6-7H2,(H,14,19)(H,15,17)(H,16,18). The zero-order valence-electron chi connectivity index (χ0n) is 10.1. The van der Waals surface area contributed by atoms with Crippen LogP contribution in [0.3, 0.4) is 0 Å². The first kappa shape index (κ1) is 11.5. The molecule has 1 aromatic carbocycles. The Kier molecular flexibility index (Phi) is 2.75. The van der Waals surface area contributed by atoms with Crippen LogP contribution >= 0.6 is 0 Å². The molecule has 6 nitrogen and oxygen atoms in total. The predicted molar refractivity (Wildman–Crippen MR) is 68.5 cm³/mol. The van der Waals surface area contributed by atoms with Gasteiger partial charge in [-0.3, -0.25) is 14.7 Å². The molecule has 2 aromatic rings. The van der Waals surface area contributed by atoms with Crippen molar-refractivity contribution in [2.45, 2.75) is 13.0 Å². The summed E-state index contributed by atoms with van der Waals surface area (Å²) in [6, 6.07) is 7.02. The van der Waals surface area contributed by atoms with E-state index in [1.54, 1.807) is 30.5 Å². The highest BCUT2D eigenvalue weighted by Crippen LogP contribution is 2.23. The van der Waals surface area contributed by atoms with E-state index in [0.717, 1.165) is 16.9 Å². The molecule has 0 aliphatic carbocycles. The fourth-order valence-corrected chi connectivity index (χ4v) is 2.02. The largest absolute Gasteiger partial charge is 0.346 e. The summed E-state index contributed by atoms with van der Waals surface area (Å²) in [4.78, 5) is 23.2. The van der Waals surface area contributed by atoms with E-state index in [1.165, 1.54) is 0 Å². The van der Waals surface area contributed by atoms with Gasteiger partial charge in [-0.05, 0) is 23.8 Å². The fourth-order valence-electron chi connectivity index (χ4n) is 2.02. The van der Waals surface area contributed by atoms with E-state index in [1.807, 2.05) is 0 Å². The topological polar surface area (TPSA) is 86.9 Å². The highest BCUT2D eigenvalue weighted by Gasteiger charge is 2.18. The van der Waals surface area contributed by atoms with Gasteiger partial charge in [0.05, 0.1) is 18.7 Å². The summed E-state index contributed by atoms with van der Waals surface area (Å²) in [6.45, 7) is 0.391. The minimum atomic E-state index is -0.182. The molecule has 0 atom stereocenters. The molecule has 0 fully saturated rings. The van der Waals surface area contributed by atoms with E-state index in [2.05, 4.69) is 20.8 Å². The van der Waals surface area contributed by atoms with Gasteiger partial charge in [-0.2, -0.15) is 5.10 Å². The molecule has 0 spiro atoms. The van der Waals surface area contributed by atoms with Crippen LogP contribution in [-0.4, -0.2) is 22.0 Å². The summed E-state index contributed by atoms with van der Waals surface area (Å²) >= 11 is 0. The van der Waals surface area contributed by atoms with Crippen LogP contribution in [0.2, 0.25) is 0 Å². The number of amides is 2. The van der Waals surface area contributed by atoms with Crippen LogP contribution in [0.4, 0.5) is 5.69 Å². The second-order valence-electron chi connectivity index (χ2n) is 4.36. The number of rotatable bonds is 3. The van der Waals surface area contributed by atoms with E-state index in [9.17, 15) is 9.59 Å². The van der Waals surface area contributed by atoms with Gasteiger partial charge in [-0.1, -0.05) is 6.07 Å². The number of carbonyl (C=O) groups is 2. The molecule has 1 aliphatic rings. The van der Waals surface area contributed by atoms with Gasteiger partial charge in [-0.25, -0.2) is 0 Å². The molecular formula is C13H12N4O2. The number of nitrogens with zero attached hydrogens (tertiary/aromatic N) is 1. The Labute approximate surface area is 109 Å². The number of hydrogen-bond acceptors (Lipinski definition) is 3. The molecule has 19 heavy (non-hydrogen) atoms. The quantitative estimate of drug-likeness (QED) is 0.760. The summed E-state index contributed by atoms with van der Waals surface area (Å²) in [6.07, 6.45) is 2.01. The number of anilines is 1. The van der Waals surface area contributed by atoms with Gasteiger partial charge < -0.3 is 10.6 Å². The van der Waals surface area contributed by atoms with Crippen LogP contribution in [-0.2, 0) is 17.8 Å². The van der Waals surface area contributed by atoms with Crippen molar-refractivity contribution in [2.75, 3.05) is 5.32 Å². The molecule has 6 heteroatoms. The van der Waals surface area contributed by atoms with E-state index in [0.29, 0.717) is 18.5 Å². The molecule has 1 aromatic heterocycles. The lowest BCUT2D eigenvalue weighted by Gasteiger charge is -2.05. The highest BCUT2D eigenvalue weighted by molar-refractivity contribution is 6.02. The van der Waals surface area contributed by atoms with Crippen LogP contribution in [0.1, 0.15) is 21.6 Å². The first-order valence-corrected chi connectivity index (χ1v) is 5.91. The van der Waals surface area contributed by atoms with Gasteiger partial charge >= 0.3 is 0 Å². The highest BCUT2D eigenvalue weighted by atomic mass is 16.2. The molecule has 0 bridgehead atoms. The van der Waals surface area contributed by atoms with Gasteiger partial charge in [0, 0.05) is 17.4 Å². The van der Waals surface area contributed by atoms with Gasteiger partial charge in [0.15, 0.2) is 0 Å². The number of benzene rings is 1. The van der Waals surface area contributed by atoms with Crippen molar-refractivity contribution >= 4 is 17.5 Å². The summed E-state index contributed by atoms with van der Waals surface area (Å²) < 4.78 is 0. The number of hydrogen-bond donors (Lipinski definition) is 3. The normalized spacial score (nSPS) is 12.9. The van der Waals surface area contributed by atoms with Gasteiger partial charge in [0.1, 0.15) is 0 Å². The predicted octanol–water partition coefficient (Wildman–Crippen LogP) is 0.834. The average molecular weight is 256 g/mol. The third kappa shape index (κ3) is 2.33. The number of H-pyrrole nitrogens is 1. The van der Waals surface area contributed by atoms with Crippen molar-refractivity contribution in [3.63, 3.8) is 0 Å². The lowest BCUT2D eigenvalue weighted by atomic mass is 10.1. The van der Waals surface area contributed by atoms with Crippen LogP contribution in [0.15, 0.2) is 30.5 Å². The van der Waals surface area contributed by atoms with Crippen molar-refractivity contribution < 1.29 is 9.59 Å². The summed E-state index contributed by atoms with van der Waals surface area (Å²) in [7, 11) is 0. The first-order valence-electron chi connectivity index (χ1n) is 5.91. The number of carbonyl (C=O) groups excluding carboxylic acids is 2. The third-order valence-electron chi connectivity index (χ3n) is 2.99. The summed E-state index contributed by atoms with van der Waals surface area (Å²) in [5.41, 5.74) is 3.01. The van der Waals surface area contributed by atoms with Crippen LogP contribution in [0.25, 0.3) is 0 Å². The Hall–Kier alpha value is -2.63. The van der Waals surface area contributed by atoms with Crippen molar-refractivity contribution in [2.24, 2.45) is 0 Å². The maximum Gasteiger partial charge on any atom is 0.251 e. The zero-order chi connectivity index (χ0) is 13.2. The Balaban J connectivity index is 1.70. The van der Waals surface area contributed by atoms with E-state index >= 15 is 0 Å². The second kappa shape index (κ2) is 4.56. The molecule has 2 heterocycles. The van der Waals surface area contributed by atoms with Crippen molar-refractivity contribution in [1.82, 2.24) is 15.5 Å². The van der Waals surface area contributed by atoms with Crippen LogP contribution < -0.4 is 10.6 Å². The smallest absolute Gasteiger partial charge is 0.251 e. The van der Waals surface area contributed by atoms with Gasteiger partial charge in [0.2, 0.25) is 5.91 Å². The van der Waals surface area contributed by atoms with E-state index < -0.39 is 0 Å². The Bertz CT molecular complexity index is 634. The number of fused-ring (bicyclic) bond motifs is 1. The molecule has 3 N–H and O–H groups in total. The lowest BCUT2D eigenvalue weighted by Crippen LogP contribution is -2.23. The second-order valence-corrected chi connectivity index (χ2v) is 4.36. The molecule has 96 valence electrons. The minimum absolute atomic E-state index is 0.0370. The molecular weight excluding hydrogens is 244 g/mol. The number of nitrogens with one attached hydrogen (secondary N) is 3. The van der Waals surface area contributed by atoms with Crippen LogP contribution in [0.5, 0.6) is 0 Å². The molecule has 2 amide bonds.